The van der Waals surface area contributed by atoms with Gasteiger partial charge in [0, 0.05) is 38.4 Å². The number of benzene rings is 1. The van der Waals surface area contributed by atoms with E-state index in [1.807, 2.05) is 44.4 Å². The Bertz CT molecular complexity index is 802. The standard InChI is InChI=1S/C19H24N4O3/c1-13-7-15(18(24)25)12-23(10-13)19(26)20-8-14-5-3-4-6-17(14)16-9-21-22(2)11-16/h3-6,9,11,13,15H,7-8,10,12H2,1-2H3,(H,20,26)(H,24,25). The number of aromatic nitrogens is 2. The third-order valence-corrected chi connectivity index (χ3v) is 4.76. The summed E-state index contributed by atoms with van der Waals surface area (Å²) in [5.41, 5.74) is 3.01. The van der Waals surface area contributed by atoms with E-state index in [9.17, 15) is 14.7 Å². The number of carbonyl (C=O) groups excluding carboxylic acids is 1. The average molecular weight is 356 g/mol. The van der Waals surface area contributed by atoms with Crippen molar-refractivity contribution in [2.75, 3.05) is 13.1 Å². The van der Waals surface area contributed by atoms with Crippen molar-refractivity contribution in [2.45, 2.75) is 19.9 Å². The zero-order valence-corrected chi connectivity index (χ0v) is 15.1. The lowest BCUT2D eigenvalue weighted by Crippen LogP contribution is -2.49. The van der Waals surface area contributed by atoms with Gasteiger partial charge in [-0.3, -0.25) is 9.48 Å². The quantitative estimate of drug-likeness (QED) is 0.880. The first-order valence-corrected chi connectivity index (χ1v) is 8.76. The van der Waals surface area contributed by atoms with E-state index in [0.29, 0.717) is 19.5 Å². The van der Waals surface area contributed by atoms with Crippen molar-refractivity contribution < 1.29 is 14.7 Å². The van der Waals surface area contributed by atoms with Crippen LogP contribution in [0, 0.1) is 11.8 Å². The molecule has 1 aliphatic rings. The fraction of sp³-hybridized carbons (Fsp3) is 0.421. The number of nitrogens with zero attached hydrogens (tertiary/aromatic N) is 3. The highest BCUT2D eigenvalue weighted by atomic mass is 16.4. The number of likely N-dealkylation sites (tertiary alicyclic amines) is 1. The van der Waals surface area contributed by atoms with Gasteiger partial charge >= 0.3 is 12.0 Å². The monoisotopic (exact) mass is 356 g/mol. The topological polar surface area (TPSA) is 87.5 Å². The molecule has 2 unspecified atom stereocenters. The van der Waals surface area contributed by atoms with Gasteiger partial charge in [0.25, 0.3) is 0 Å². The second kappa shape index (κ2) is 7.59. The molecule has 1 fully saturated rings. The van der Waals surface area contributed by atoms with Crippen LogP contribution in [0.4, 0.5) is 4.79 Å². The van der Waals surface area contributed by atoms with Crippen LogP contribution in [0.15, 0.2) is 36.7 Å². The Balaban J connectivity index is 1.67. The summed E-state index contributed by atoms with van der Waals surface area (Å²) in [6.07, 6.45) is 4.35. The molecule has 1 aromatic carbocycles. The van der Waals surface area contributed by atoms with Crippen LogP contribution >= 0.6 is 0 Å². The van der Waals surface area contributed by atoms with E-state index in [4.69, 9.17) is 0 Å². The van der Waals surface area contributed by atoms with E-state index in [-0.39, 0.29) is 18.5 Å². The maximum absolute atomic E-state index is 12.5. The first kappa shape index (κ1) is 18.0. The van der Waals surface area contributed by atoms with Gasteiger partial charge in [0.2, 0.25) is 0 Å². The zero-order chi connectivity index (χ0) is 18.7. The molecule has 7 nitrogen and oxygen atoms in total. The highest BCUT2D eigenvalue weighted by Crippen LogP contribution is 2.24. The number of urea groups is 1. The normalized spacial score (nSPS) is 20.0. The van der Waals surface area contributed by atoms with Crippen LogP contribution in [0.2, 0.25) is 0 Å². The lowest BCUT2D eigenvalue weighted by Gasteiger charge is -2.34. The molecule has 7 heteroatoms. The Hall–Kier alpha value is -2.83. The average Bonchev–Trinajstić information content (AvgIpc) is 3.05. The Morgan fingerprint density at radius 1 is 1.31 bits per heavy atom. The van der Waals surface area contributed by atoms with Gasteiger partial charge in [0.15, 0.2) is 0 Å². The minimum Gasteiger partial charge on any atom is -0.481 e. The molecule has 1 aliphatic heterocycles. The molecule has 2 N–H and O–H groups in total. The van der Waals surface area contributed by atoms with E-state index in [0.717, 1.165) is 16.7 Å². The van der Waals surface area contributed by atoms with Crippen molar-refractivity contribution in [3.8, 4) is 11.1 Å². The third kappa shape index (κ3) is 4.04. The van der Waals surface area contributed by atoms with Crippen LogP contribution in [0.3, 0.4) is 0 Å². The van der Waals surface area contributed by atoms with Gasteiger partial charge in [-0.15, -0.1) is 0 Å². The Morgan fingerprint density at radius 2 is 2.08 bits per heavy atom. The van der Waals surface area contributed by atoms with Crippen LogP contribution in [0.5, 0.6) is 0 Å². The molecule has 0 radical (unpaired) electrons. The molecule has 0 spiro atoms. The van der Waals surface area contributed by atoms with Crippen molar-refractivity contribution in [1.82, 2.24) is 20.0 Å². The van der Waals surface area contributed by atoms with Crippen molar-refractivity contribution in [3.63, 3.8) is 0 Å². The van der Waals surface area contributed by atoms with E-state index in [1.165, 1.54) is 0 Å². The van der Waals surface area contributed by atoms with Gasteiger partial charge in [-0.2, -0.15) is 5.10 Å². The number of amides is 2. The molecule has 2 aromatic rings. The summed E-state index contributed by atoms with van der Waals surface area (Å²) in [5.74, 6) is -1.15. The predicted octanol–water partition coefficient (Wildman–Crippen LogP) is 2.34. The summed E-state index contributed by atoms with van der Waals surface area (Å²) in [6, 6.07) is 7.65. The number of carboxylic acids is 1. The Kier molecular flexibility index (Phi) is 5.25. The molecule has 0 aliphatic carbocycles. The van der Waals surface area contributed by atoms with Gasteiger partial charge < -0.3 is 15.3 Å². The molecule has 0 bridgehead atoms. The van der Waals surface area contributed by atoms with Crippen molar-refractivity contribution >= 4 is 12.0 Å². The van der Waals surface area contributed by atoms with Crippen molar-refractivity contribution in [2.24, 2.45) is 18.9 Å². The van der Waals surface area contributed by atoms with Gasteiger partial charge in [-0.1, -0.05) is 31.2 Å². The summed E-state index contributed by atoms with van der Waals surface area (Å²) in [6.45, 7) is 3.20. The number of aliphatic carboxylic acids is 1. The molecule has 3 rings (SSSR count). The second-order valence-electron chi connectivity index (χ2n) is 7.00. The van der Waals surface area contributed by atoms with Crippen molar-refractivity contribution in [1.29, 1.82) is 0 Å². The fourth-order valence-electron chi connectivity index (χ4n) is 3.50. The molecule has 1 aromatic heterocycles. The molecular weight excluding hydrogens is 332 g/mol. The summed E-state index contributed by atoms with van der Waals surface area (Å²) in [4.78, 5) is 25.4. The highest BCUT2D eigenvalue weighted by molar-refractivity contribution is 5.77. The second-order valence-corrected chi connectivity index (χ2v) is 7.00. The number of aryl methyl sites for hydroxylation is 1. The molecule has 138 valence electrons. The van der Waals surface area contributed by atoms with Crippen LogP contribution in [0.1, 0.15) is 18.9 Å². The van der Waals surface area contributed by atoms with E-state index >= 15 is 0 Å². The number of hydrogen-bond acceptors (Lipinski definition) is 3. The molecule has 2 amide bonds. The molecule has 2 heterocycles. The largest absolute Gasteiger partial charge is 0.481 e. The van der Waals surface area contributed by atoms with Gasteiger partial charge in [0.05, 0.1) is 12.1 Å². The predicted molar refractivity (Wildman–Crippen MR) is 97.4 cm³/mol. The lowest BCUT2D eigenvalue weighted by molar-refractivity contribution is -0.143. The summed E-state index contributed by atoms with van der Waals surface area (Å²) >= 11 is 0. The van der Waals surface area contributed by atoms with Gasteiger partial charge in [-0.25, -0.2) is 4.79 Å². The SMILES string of the molecule is CC1CC(C(=O)O)CN(C(=O)NCc2ccccc2-c2cnn(C)c2)C1. The fourth-order valence-corrected chi connectivity index (χ4v) is 3.50. The number of rotatable bonds is 4. The summed E-state index contributed by atoms with van der Waals surface area (Å²) in [5, 5.41) is 16.4. The lowest BCUT2D eigenvalue weighted by atomic mass is 9.91. The molecule has 0 saturated carbocycles. The Labute approximate surface area is 152 Å². The summed E-state index contributed by atoms with van der Waals surface area (Å²) < 4.78 is 1.74. The minimum absolute atomic E-state index is 0.179. The minimum atomic E-state index is -0.837. The maximum atomic E-state index is 12.5. The van der Waals surface area contributed by atoms with Crippen LogP contribution < -0.4 is 5.32 Å². The summed E-state index contributed by atoms with van der Waals surface area (Å²) in [7, 11) is 1.87. The first-order chi connectivity index (χ1) is 12.4. The third-order valence-electron chi connectivity index (χ3n) is 4.76. The molecular formula is C19H24N4O3. The number of carboxylic acid groups (broad SMARTS) is 1. The number of carbonyl (C=O) groups is 2. The van der Waals surface area contributed by atoms with Crippen molar-refractivity contribution in [3.05, 3.63) is 42.2 Å². The number of nitrogens with one attached hydrogen (secondary N) is 1. The van der Waals surface area contributed by atoms with Crippen LogP contribution in [0.25, 0.3) is 11.1 Å². The molecule has 1 saturated heterocycles. The molecule has 26 heavy (non-hydrogen) atoms. The smallest absolute Gasteiger partial charge is 0.317 e. The first-order valence-electron chi connectivity index (χ1n) is 8.76. The van der Waals surface area contributed by atoms with E-state index in [1.54, 1.807) is 15.8 Å². The zero-order valence-electron chi connectivity index (χ0n) is 15.1. The number of piperidine rings is 1. The van der Waals surface area contributed by atoms with Gasteiger partial charge in [-0.05, 0) is 23.5 Å². The Morgan fingerprint density at radius 3 is 2.77 bits per heavy atom. The van der Waals surface area contributed by atoms with E-state index < -0.39 is 11.9 Å². The van der Waals surface area contributed by atoms with E-state index in [2.05, 4.69) is 10.4 Å². The maximum Gasteiger partial charge on any atom is 0.317 e. The highest BCUT2D eigenvalue weighted by Gasteiger charge is 2.31. The van der Waals surface area contributed by atoms with Crippen LogP contribution in [-0.4, -0.2) is 44.9 Å². The van der Waals surface area contributed by atoms with Gasteiger partial charge in [0.1, 0.15) is 0 Å². The number of hydrogen-bond donors (Lipinski definition) is 2. The van der Waals surface area contributed by atoms with Crippen LogP contribution in [-0.2, 0) is 18.4 Å². The molecule has 2 atom stereocenters.